The maximum Gasteiger partial charge on any atom is 0.333 e. The van der Waals surface area contributed by atoms with Crippen LogP contribution in [0.4, 0.5) is 0 Å². The molecule has 0 aromatic carbocycles. The molecular formula is C27H36O3. The van der Waals surface area contributed by atoms with Crippen LogP contribution in [0, 0.1) is 40.4 Å². The second-order valence-electron chi connectivity index (χ2n) is 11.3. The van der Waals surface area contributed by atoms with Gasteiger partial charge >= 0.3 is 5.97 Å². The number of rotatable bonds is 2. The quantitative estimate of drug-likeness (QED) is 0.428. The summed E-state index contributed by atoms with van der Waals surface area (Å²) in [5, 5.41) is 0. The maximum absolute atomic E-state index is 13.0. The third kappa shape index (κ3) is 2.76. The largest absolute Gasteiger partial charge is 0.459 e. The molecule has 5 aliphatic rings. The number of ether oxygens (including phenoxy) is 1. The molecular weight excluding hydrogens is 372 g/mol. The second kappa shape index (κ2) is 6.93. The van der Waals surface area contributed by atoms with Gasteiger partial charge in [-0.25, -0.2) is 4.79 Å². The van der Waals surface area contributed by atoms with Crippen molar-refractivity contribution in [3.63, 3.8) is 0 Å². The minimum Gasteiger partial charge on any atom is -0.459 e. The molecule has 0 aromatic rings. The molecule has 2 fully saturated rings. The number of carbonyl (C=O) groups excluding carboxylic acids is 2. The fourth-order valence-corrected chi connectivity index (χ4v) is 7.99. The number of fused-ring (bicyclic) bond motifs is 5. The van der Waals surface area contributed by atoms with Crippen molar-refractivity contribution in [2.45, 2.75) is 78.7 Å². The summed E-state index contributed by atoms with van der Waals surface area (Å²) >= 11 is 0. The molecule has 0 spiro atoms. The zero-order valence-corrected chi connectivity index (χ0v) is 18.9. The summed E-state index contributed by atoms with van der Waals surface area (Å²) in [5.41, 5.74) is 2.06. The van der Waals surface area contributed by atoms with Gasteiger partial charge in [0.25, 0.3) is 0 Å². The topological polar surface area (TPSA) is 43.4 Å². The average Bonchev–Trinajstić information content (AvgIpc) is 3.03. The highest BCUT2D eigenvalue weighted by molar-refractivity contribution is 5.96. The first-order valence-corrected chi connectivity index (χ1v) is 12.0. The van der Waals surface area contributed by atoms with Crippen LogP contribution in [-0.4, -0.2) is 17.9 Å². The van der Waals surface area contributed by atoms with Crippen LogP contribution in [0.1, 0.15) is 72.6 Å². The van der Waals surface area contributed by atoms with Crippen LogP contribution in [0.2, 0.25) is 0 Å². The summed E-state index contributed by atoms with van der Waals surface area (Å²) in [4.78, 5) is 25.2. The molecule has 0 saturated heterocycles. The number of hydrogen-bond donors (Lipinski definition) is 0. The van der Waals surface area contributed by atoms with E-state index >= 15 is 0 Å². The predicted octanol–water partition coefficient (Wildman–Crippen LogP) is 5.81. The lowest BCUT2D eigenvalue weighted by Crippen LogP contribution is -2.53. The molecule has 8 unspecified atom stereocenters. The SMILES string of the molecule is CC1=C(C)C(=O)OC(CC2CCC3C4C=CC5CC=CC(=O)C5(C)C4CCC23C)C1. The van der Waals surface area contributed by atoms with Crippen LogP contribution in [-0.2, 0) is 14.3 Å². The summed E-state index contributed by atoms with van der Waals surface area (Å²) in [6, 6.07) is 0. The molecule has 1 heterocycles. The Kier molecular flexibility index (Phi) is 4.69. The van der Waals surface area contributed by atoms with Crippen molar-refractivity contribution >= 4 is 11.8 Å². The van der Waals surface area contributed by atoms with Crippen LogP contribution in [0.15, 0.2) is 35.5 Å². The Labute approximate surface area is 181 Å². The fraction of sp³-hybridized carbons (Fsp3) is 0.704. The summed E-state index contributed by atoms with van der Waals surface area (Å²) < 4.78 is 5.80. The third-order valence-electron chi connectivity index (χ3n) is 10.1. The highest BCUT2D eigenvalue weighted by atomic mass is 16.5. The molecule has 0 radical (unpaired) electrons. The van der Waals surface area contributed by atoms with E-state index in [1.807, 2.05) is 13.0 Å². The lowest BCUT2D eigenvalue weighted by Gasteiger charge is -2.56. The van der Waals surface area contributed by atoms with Crippen LogP contribution in [0.25, 0.3) is 0 Å². The van der Waals surface area contributed by atoms with E-state index in [0.29, 0.717) is 40.8 Å². The van der Waals surface area contributed by atoms with Gasteiger partial charge in [-0.3, -0.25) is 4.79 Å². The van der Waals surface area contributed by atoms with E-state index in [1.54, 1.807) is 0 Å². The van der Waals surface area contributed by atoms with E-state index in [0.717, 1.165) is 31.3 Å². The molecule has 162 valence electrons. The van der Waals surface area contributed by atoms with E-state index in [-0.39, 0.29) is 17.5 Å². The number of hydrogen-bond acceptors (Lipinski definition) is 3. The van der Waals surface area contributed by atoms with Gasteiger partial charge in [0.05, 0.1) is 0 Å². The van der Waals surface area contributed by atoms with Crippen molar-refractivity contribution in [2.24, 2.45) is 40.4 Å². The van der Waals surface area contributed by atoms with E-state index in [2.05, 4.69) is 39.0 Å². The minimum atomic E-state index is -0.216. The van der Waals surface area contributed by atoms with E-state index < -0.39 is 0 Å². The zero-order chi connectivity index (χ0) is 21.3. The second-order valence-corrected chi connectivity index (χ2v) is 11.3. The van der Waals surface area contributed by atoms with Crippen molar-refractivity contribution in [1.29, 1.82) is 0 Å². The van der Waals surface area contributed by atoms with Crippen LogP contribution >= 0.6 is 0 Å². The predicted molar refractivity (Wildman–Crippen MR) is 118 cm³/mol. The van der Waals surface area contributed by atoms with E-state index in [9.17, 15) is 9.59 Å². The fourth-order valence-electron chi connectivity index (χ4n) is 7.99. The van der Waals surface area contributed by atoms with Crippen molar-refractivity contribution in [2.75, 3.05) is 0 Å². The Morgan fingerprint density at radius 3 is 2.63 bits per heavy atom. The first-order valence-electron chi connectivity index (χ1n) is 12.0. The summed E-state index contributed by atoms with van der Waals surface area (Å²) in [5.74, 6) is 2.84. The summed E-state index contributed by atoms with van der Waals surface area (Å²) in [6.45, 7) is 8.70. The maximum atomic E-state index is 13.0. The van der Waals surface area contributed by atoms with Gasteiger partial charge in [-0.05, 0) is 93.5 Å². The van der Waals surface area contributed by atoms with Gasteiger partial charge in [-0.1, -0.05) is 37.6 Å². The summed E-state index contributed by atoms with van der Waals surface area (Å²) in [6.07, 6.45) is 16.5. The normalized spacial score (nSPS) is 47.6. The molecule has 3 nitrogen and oxygen atoms in total. The Bertz CT molecular complexity index is 863. The van der Waals surface area contributed by atoms with E-state index in [1.165, 1.54) is 24.8 Å². The molecule has 0 amide bonds. The van der Waals surface area contributed by atoms with Crippen LogP contribution in [0.3, 0.4) is 0 Å². The molecule has 0 N–H and O–H groups in total. The molecule has 2 saturated carbocycles. The average molecular weight is 409 g/mol. The van der Waals surface area contributed by atoms with Gasteiger partial charge < -0.3 is 4.74 Å². The lowest BCUT2D eigenvalue weighted by atomic mass is 9.47. The van der Waals surface area contributed by atoms with E-state index in [4.69, 9.17) is 4.74 Å². The first-order chi connectivity index (χ1) is 14.2. The third-order valence-corrected chi connectivity index (χ3v) is 10.1. The van der Waals surface area contributed by atoms with Crippen LogP contribution < -0.4 is 0 Å². The number of allylic oxidation sites excluding steroid dienone is 4. The lowest BCUT2D eigenvalue weighted by molar-refractivity contribution is -0.147. The Morgan fingerprint density at radius 2 is 1.87 bits per heavy atom. The standard InChI is InChI=1S/C27H36O3/c1-16-14-20(30-25(29)17(16)2)15-19-9-11-22-21-10-8-18-6-5-7-24(28)27(18,4)23(21)12-13-26(19,22)3/h5,7-8,10,18-23H,6,9,11-15H2,1-4H3. The Hall–Kier alpha value is -1.64. The number of cyclic esters (lactones) is 1. The molecule has 0 bridgehead atoms. The molecule has 3 heteroatoms. The van der Waals surface area contributed by atoms with Gasteiger partial charge in [0.2, 0.25) is 0 Å². The zero-order valence-electron chi connectivity index (χ0n) is 18.9. The highest BCUT2D eigenvalue weighted by Gasteiger charge is 2.60. The van der Waals surface area contributed by atoms with Gasteiger partial charge in [0.15, 0.2) is 5.78 Å². The van der Waals surface area contributed by atoms with Crippen molar-refractivity contribution < 1.29 is 14.3 Å². The molecule has 30 heavy (non-hydrogen) atoms. The van der Waals surface area contributed by atoms with Gasteiger partial charge in [-0.15, -0.1) is 0 Å². The number of carbonyl (C=O) groups is 2. The number of esters is 1. The monoisotopic (exact) mass is 408 g/mol. The summed E-state index contributed by atoms with van der Waals surface area (Å²) in [7, 11) is 0. The van der Waals surface area contributed by atoms with Gasteiger partial charge in [0, 0.05) is 17.4 Å². The molecule has 4 aliphatic carbocycles. The highest BCUT2D eigenvalue weighted by Crippen LogP contribution is 2.65. The Morgan fingerprint density at radius 1 is 1.07 bits per heavy atom. The molecule has 1 aliphatic heterocycles. The molecule has 5 rings (SSSR count). The van der Waals surface area contributed by atoms with Crippen molar-refractivity contribution in [3.05, 3.63) is 35.5 Å². The smallest absolute Gasteiger partial charge is 0.333 e. The Balaban J connectivity index is 1.37. The molecule has 8 atom stereocenters. The minimum absolute atomic E-state index is 0.0355. The molecule has 0 aromatic heterocycles. The number of ketones is 1. The first kappa shape index (κ1) is 20.3. The van der Waals surface area contributed by atoms with Gasteiger partial charge in [-0.2, -0.15) is 0 Å². The van der Waals surface area contributed by atoms with Crippen molar-refractivity contribution in [3.8, 4) is 0 Å². The van der Waals surface area contributed by atoms with Crippen LogP contribution in [0.5, 0.6) is 0 Å². The van der Waals surface area contributed by atoms with Crippen molar-refractivity contribution in [1.82, 2.24) is 0 Å². The van der Waals surface area contributed by atoms with Gasteiger partial charge in [0.1, 0.15) is 6.10 Å².